The lowest BCUT2D eigenvalue weighted by molar-refractivity contribution is -0.149. The second kappa shape index (κ2) is 11.2. The number of carbonyl (C=O) groups excluding carboxylic acids is 1. The lowest BCUT2D eigenvalue weighted by Crippen LogP contribution is -2.42. The van der Waals surface area contributed by atoms with E-state index in [0.717, 1.165) is 12.3 Å². The fourth-order valence-electron chi connectivity index (χ4n) is 3.22. The van der Waals surface area contributed by atoms with Crippen LogP contribution in [0.2, 0.25) is 0 Å². The van der Waals surface area contributed by atoms with Gasteiger partial charge in [-0.25, -0.2) is 13.8 Å². The Labute approximate surface area is 209 Å². The lowest BCUT2D eigenvalue weighted by Gasteiger charge is -2.25. The van der Waals surface area contributed by atoms with Crippen molar-refractivity contribution in [2.24, 2.45) is 0 Å². The zero-order chi connectivity index (χ0) is 26.7. The number of carbonyl (C=O) groups is 1. The van der Waals surface area contributed by atoms with Crippen molar-refractivity contribution in [2.45, 2.75) is 56.5 Å². The van der Waals surface area contributed by atoms with Crippen LogP contribution in [0.5, 0.6) is 5.75 Å². The van der Waals surface area contributed by atoms with E-state index in [4.69, 9.17) is 30.1 Å². The maximum Gasteiger partial charge on any atom is 0.459 e. The van der Waals surface area contributed by atoms with Crippen LogP contribution >= 0.6 is 19.3 Å². The largest absolute Gasteiger partial charge is 0.462 e. The summed E-state index contributed by atoms with van der Waals surface area (Å²) in [7, 11) is -4.35. The van der Waals surface area contributed by atoms with E-state index in [0.29, 0.717) is 4.57 Å². The van der Waals surface area contributed by atoms with Gasteiger partial charge >= 0.3 is 19.4 Å². The number of halogens is 2. The summed E-state index contributed by atoms with van der Waals surface area (Å²) in [6, 6.07) is 7.68. The van der Waals surface area contributed by atoms with Crippen molar-refractivity contribution in [2.75, 3.05) is 6.61 Å². The van der Waals surface area contributed by atoms with Crippen molar-refractivity contribution < 1.29 is 37.4 Å². The summed E-state index contributed by atoms with van der Waals surface area (Å²) in [6.07, 6.45) is -4.91. The number of aliphatic hydroxyl groups is 1. The van der Waals surface area contributed by atoms with Crippen LogP contribution in [0.1, 0.15) is 27.0 Å². The molecule has 36 heavy (non-hydrogen) atoms. The van der Waals surface area contributed by atoms with Gasteiger partial charge in [-0.3, -0.25) is 23.7 Å². The molecule has 0 bridgehead atoms. The summed E-state index contributed by atoms with van der Waals surface area (Å²) in [4.78, 5) is 37.6. The molecule has 1 aliphatic heterocycles. The standard InChI is InChI=1S/C21H26ClFN3O9P/c1-12(2)33-18(29)13(3)25-36(31,35-14-7-5-4-6-8-14)32-11-15-17(28)21(22,23)19(34-15)26-10-9-16(27)24-20(26)30/h4-10,12-13,15,17,19,28H,11H2,1-3H3,(H,25,31)(H,24,27,30). The molecule has 6 unspecified atom stereocenters. The quantitative estimate of drug-likeness (QED) is 0.227. The first-order valence-electron chi connectivity index (χ1n) is 10.8. The van der Waals surface area contributed by atoms with E-state index < -0.39 is 67.3 Å². The molecule has 3 N–H and O–H groups in total. The number of para-hydroxylation sites is 1. The van der Waals surface area contributed by atoms with Gasteiger partial charge in [0.05, 0.1) is 12.7 Å². The molecule has 2 aromatic rings. The van der Waals surface area contributed by atoms with Crippen molar-refractivity contribution in [1.29, 1.82) is 0 Å². The fourth-order valence-corrected chi connectivity index (χ4v) is 5.02. The molecule has 3 rings (SSSR count). The Kier molecular flexibility index (Phi) is 8.75. The van der Waals surface area contributed by atoms with Crippen molar-refractivity contribution in [1.82, 2.24) is 14.6 Å². The number of alkyl halides is 2. The normalized spacial score (nSPS) is 26.4. The molecule has 2 heterocycles. The molecule has 0 radical (unpaired) electrons. The number of esters is 1. The average Bonchev–Trinajstić information content (AvgIpc) is 3.01. The molecule has 1 saturated heterocycles. The van der Waals surface area contributed by atoms with E-state index in [1.807, 2.05) is 4.98 Å². The molecule has 15 heteroatoms. The highest BCUT2D eigenvalue weighted by atomic mass is 35.5. The first kappa shape index (κ1) is 28.0. The van der Waals surface area contributed by atoms with Gasteiger partial charge in [0.1, 0.15) is 24.0 Å². The van der Waals surface area contributed by atoms with Gasteiger partial charge in [-0.2, -0.15) is 5.09 Å². The predicted octanol–water partition coefficient (Wildman–Crippen LogP) is 1.83. The first-order chi connectivity index (χ1) is 16.8. The number of hydrogen-bond acceptors (Lipinski definition) is 9. The zero-order valence-electron chi connectivity index (χ0n) is 19.5. The van der Waals surface area contributed by atoms with Gasteiger partial charge in [-0.15, -0.1) is 0 Å². The third-order valence-electron chi connectivity index (χ3n) is 4.92. The number of nitrogens with zero attached hydrogens (tertiary/aromatic N) is 1. The van der Waals surface area contributed by atoms with Gasteiger partial charge in [0.15, 0.2) is 6.23 Å². The van der Waals surface area contributed by atoms with Crippen molar-refractivity contribution in [3.8, 4) is 5.75 Å². The second-order valence-corrected chi connectivity index (χ2v) is 10.5. The highest BCUT2D eigenvalue weighted by Crippen LogP contribution is 2.48. The number of rotatable bonds is 10. The zero-order valence-corrected chi connectivity index (χ0v) is 21.1. The molecular weight excluding hydrogens is 524 g/mol. The van der Waals surface area contributed by atoms with E-state index >= 15 is 4.39 Å². The highest BCUT2D eigenvalue weighted by Gasteiger charge is 2.58. The first-order valence-corrected chi connectivity index (χ1v) is 12.7. The minimum absolute atomic E-state index is 0.125. The van der Waals surface area contributed by atoms with Crippen molar-refractivity contribution >= 4 is 25.3 Å². The lowest BCUT2D eigenvalue weighted by atomic mass is 10.1. The van der Waals surface area contributed by atoms with Gasteiger partial charge in [0, 0.05) is 12.3 Å². The second-order valence-electron chi connectivity index (χ2n) is 8.20. The molecular formula is C21H26ClFN3O9P. The Morgan fingerprint density at radius 3 is 2.58 bits per heavy atom. The summed E-state index contributed by atoms with van der Waals surface area (Å²) in [5.41, 5.74) is -1.76. The third-order valence-corrected chi connectivity index (χ3v) is 6.97. The molecule has 0 amide bonds. The minimum atomic E-state index is -4.35. The number of aromatic amines is 1. The molecule has 12 nitrogen and oxygen atoms in total. The van der Waals surface area contributed by atoms with Gasteiger partial charge < -0.3 is 19.1 Å². The SMILES string of the molecule is CC(C)OC(=O)C(C)NP(=O)(OCC1OC(n2ccc(=O)[nH]c2=O)C(F)(Cl)C1O)Oc1ccccc1. The van der Waals surface area contributed by atoms with Crippen LogP contribution in [0, 0.1) is 0 Å². The molecule has 1 fully saturated rings. The van der Waals surface area contributed by atoms with Crippen LogP contribution < -0.4 is 20.9 Å². The Morgan fingerprint density at radius 2 is 1.97 bits per heavy atom. The predicted molar refractivity (Wildman–Crippen MR) is 125 cm³/mol. The highest BCUT2D eigenvalue weighted by molar-refractivity contribution is 7.52. The number of hydrogen-bond donors (Lipinski definition) is 3. The van der Waals surface area contributed by atoms with Gasteiger partial charge in [-0.1, -0.05) is 29.8 Å². The van der Waals surface area contributed by atoms with E-state index in [9.17, 15) is 24.1 Å². The topological polar surface area (TPSA) is 158 Å². The van der Waals surface area contributed by atoms with Crippen LogP contribution in [-0.4, -0.2) is 56.7 Å². The minimum Gasteiger partial charge on any atom is -0.462 e. The third kappa shape index (κ3) is 6.61. The summed E-state index contributed by atoms with van der Waals surface area (Å²) in [6.45, 7) is 3.93. The summed E-state index contributed by atoms with van der Waals surface area (Å²) >= 11 is 5.85. The smallest absolute Gasteiger partial charge is 0.459 e. The summed E-state index contributed by atoms with van der Waals surface area (Å²) in [5, 5.41) is 9.86. The van der Waals surface area contributed by atoms with Crippen LogP contribution in [0.4, 0.5) is 4.39 Å². The Morgan fingerprint density at radius 1 is 1.31 bits per heavy atom. The maximum absolute atomic E-state index is 15.2. The summed E-state index contributed by atoms with van der Waals surface area (Å²) in [5.74, 6) is -0.607. The molecule has 1 aromatic carbocycles. The summed E-state index contributed by atoms with van der Waals surface area (Å²) < 4.78 is 50.8. The molecule has 0 saturated carbocycles. The molecule has 1 aromatic heterocycles. The number of benzene rings is 1. The van der Waals surface area contributed by atoms with Crippen molar-refractivity contribution in [3.63, 3.8) is 0 Å². The number of aliphatic hydroxyl groups excluding tert-OH is 1. The fraction of sp³-hybridized carbons (Fsp3) is 0.476. The van der Waals surface area contributed by atoms with Crippen molar-refractivity contribution in [3.05, 3.63) is 63.4 Å². The molecule has 1 aliphatic rings. The van der Waals surface area contributed by atoms with E-state index in [1.165, 1.54) is 19.1 Å². The van der Waals surface area contributed by atoms with Crippen LogP contribution in [0.15, 0.2) is 52.2 Å². The van der Waals surface area contributed by atoms with E-state index in [1.54, 1.807) is 32.0 Å². The number of ether oxygens (including phenoxy) is 2. The van der Waals surface area contributed by atoms with Gasteiger partial charge in [0.25, 0.3) is 10.7 Å². The molecule has 0 spiro atoms. The van der Waals surface area contributed by atoms with Crippen LogP contribution in [-0.2, 0) is 23.4 Å². The average molecular weight is 550 g/mol. The number of nitrogens with one attached hydrogen (secondary N) is 2. The van der Waals surface area contributed by atoms with Crippen LogP contribution in [0.25, 0.3) is 0 Å². The van der Waals surface area contributed by atoms with E-state index in [-0.39, 0.29) is 5.75 Å². The Balaban J connectivity index is 1.80. The number of H-pyrrole nitrogens is 1. The van der Waals surface area contributed by atoms with E-state index in [2.05, 4.69) is 5.09 Å². The maximum atomic E-state index is 15.2. The molecule has 198 valence electrons. The monoisotopic (exact) mass is 549 g/mol. The number of aromatic nitrogens is 2. The Bertz CT molecular complexity index is 1220. The van der Waals surface area contributed by atoms with Crippen LogP contribution in [0.3, 0.4) is 0 Å². The molecule has 6 atom stereocenters. The van der Waals surface area contributed by atoms with Gasteiger partial charge in [-0.05, 0) is 32.9 Å². The van der Waals surface area contributed by atoms with Gasteiger partial charge in [0.2, 0.25) is 0 Å². The Hall–Kier alpha value is -2.54. The molecule has 0 aliphatic carbocycles.